The molecule has 166 valence electrons. The molecule has 4 atom stereocenters. The van der Waals surface area contributed by atoms with Gasteiger partial charge in [-0.05, 0) is 38.5 Å². The molecule has 4 rings (SSSR count). The number of nitrogens with one attached hydrogen (secondary N) is 1. The van der Waals surface area contributed by atoms with Crippen LogP contribution in [0.15, 0.2) is 18.2 Å². The van der Waals surface area contributed by atoms with Crippen LogP contribution in [0.25, 0.3) is 0 Å². The minimum Gasteiger partial charge on any atom is -0.495 e. The quantitative estimate of drug-likeness (QED) is 0.647. The molecule has 0 aliphatic carbocycles. The van der Waals surface area contributed by atoms with Gasteiger partial charge in [0.05, 0.1) is 18.7 Å². The molecule has 1 unspecified atom stereocenters. The Hall–Kier alpha value is -2.75. The molecule has 0 bridgehead atoms. The first-order valence-electron chi connectivity index (χ1n) is 10.0. The zero-order chi connectivity index (χ0) is 22.7. The Kier molecular flexibility index (Phi) is 5.15. The van der Waals surface area contributed by atoms with Gasteiger partial charge in [0.25, 0.3) is 0 Å². The number of hydrogen-bond acceptors (Lipinski definition) is 6. The Balaban J connectivity index is 1.45. The van der Waals surface area contributed by atoms with Gasteiger partial charge in [0.15, 0.2) is 0 Å². The zero-order valence-electron chi connectivity index (χ0n) is 17.7. The van der Waals surface area contributed by atoms with Crippen molar-refractivity contribution in [2.75, 3.05) is 18.6 Å². The van der Waals surface area contributed by atoms with E-state index in [1.165, 1.54) is 23.8 Å². The van der Waals surface area contributed by atoms with Crippen molar-refractivity contribution in [2.45, 2.75) is 49.4 Å². The fraction of sp³-hybridized carbons (Fsp3) is 0.524. The summed E-state index contributed by atoms with van der Waals surface area (Å²) in [6.45, 7) is 5.66. The minimum absolute atomic E-state index is 0.0363. The van der Waals surface area contributed by atoms with Gasteiger partial charge in [0, 0.05) is 17.7 Å². The van der Waals surface area contributed by atoms with E-state index in [0.717, 1.165) is 5.56 Å². The van der Waals surface area contributed by atoms with Gasteiger partial charge in [-0.25, -0.2) is 4.79 Å². The van der Waals surface area contributed by atoms with E-state index >= 15 is 0 Å². The number of hydrogen-bond donors (Lipinski definition) is 2. The van der Waals surface area contributed by atoms with Crippen molar-refractivity contribution in [3.8, 4) is 5.75 Å². The summed E-state index contributed by atoms with van der Waals surface area (Å²) in [6, 6.07) is 3.80. The normalized spacial score (nSPS) is 28.9. The number of anilines is 1. The first-order valence-corrected chi connectivity index (χ1v) is 10.9. The largest absolute Gasteiger partial charge is 0.495 e. The Morgan fingerprint density at radius 3 is 2.65 bits per heavy atom. The van der Waals surface area contributed by atoms with Crippen LogP contribution in [-0.4, -0.2) is 69.6 Å². The number of carbonyl (C=O) groups excluding carboxylic acids is 3. The second-order valence-electron chi connectivity index (χ2n) is 8.67. The standard InChI is InChI=1S/C21H25N3O6S/c1-10-5-6-13(30-4)12(7-10)23-9-11(8-14(23)25)17(26)22-15-18(27)24-16(20(28)29)21(2,3)31-19(15)24/h5-7,11,15-16,19H,8-9H2,1-4H3,(H,22,26)(H,28,29)/t11?,15-,16+,19-/m1/s1. The molecule has 3 aliphatic rings. The van der Waals surface area contributed by atoms with Crippen molar-refractivity contribution in [3.63, 3.8) is 0 Å². The van der Waals surface area contributed by atoms with Crippen LogP contribution in [0.4, 0.5) is 5.69 Å². The maximum Gasteiger partial charge on any atom is 0.327 e. The average molecular weight is 448 g/mol. The third-order valence-corrected chi connectivity index (χ3v) is 7.67. The first-order chi connectivity index (χ1) is 14.5. The maximum atomic E-state index is 12.9. The molecule has 9 nitrogen and oxygen atoms in total. The number of methoxy groups -OCH3 is 1. The fourth-order valence-electron chi connectivity index (χ4n) is 4.54. The highest BCUT2D eigenvalue weighted by atomic mass is 32.2. The van der Waals surface area contributed by atoms with Gasteiger partial charge in [-0.3, -0.25) is 14.4 Å². The van der Waals surface area contributed by atoms with Gasteiger partial charge in [-0.1, -0.05) is 6.07 Å². The van der Waals surface area contributed by atoms with Gasteiger partial charge < -0.3 is 25.0 Å². The van der Waals surface area contributed by atoms with Crippen LogP contribution in [-0.2, 0) is 19.2 Å². The van der Waals surface area contributed by atoms with Crippen LogP contribution in [0.1, 0.15) is 25.8 Å². The molecule has 3 aliphatic heterocycles. The lowest BCUT2D eigenvalue weighted by Crippen LogP contribution is -2.71. The molecule has 2 N–H and O–H groups in total. The van der Waals surface area contributed by atoms with Gasteiger partial charge in [0.1, 0.15) is 23.2 Å². The SMILES string of the molecule is COc1ccc(C)cc1N1CC(C(=O)N[C@@H]2C(=O)N3[C@@H]2SC(C)(C)[C@@H]3C(=O)O)CC1=O. The lowest BCUT2D eigenvalue weighted by molar-refractivity contribution is -0.161. The number of amides is 3. The Morgan fingerprint density at radius 1 is 1.29 bits per heavy atom. The second-order valence-corrected chi connectivity index (χ2v) is 10.4. The van der Waals surface area contributed by atoms with Crippen molar-refractivity contribution < 1.29 is 29.0 Å². The molecule has 3 heterocycles. The number of thioether (sulfide) groups is 1. The van der Waals surface area contributed by atoms with Gasteiger partial charge in [-0.15, -0.1) is 11.8 Å². The summed E-state index contributed by atoms with van der Waals surface area (Å²) in [4.78, 5) is 52.6. The molecule has 0 radical (unpaired) electrons. The van der Waals surface area contributed by atoms with Crippen molar-refractivity contribution in [3.05, 3.63) is 23.8 Å². The van der Waals surface area contributed by atoms with E-state index in [0.29, 0.717) is 11.4 Å². The highest BCUT2D eigenvalue weighted by Gasteiger charge is 2.64. The summed E-state index contributed by atoms with van der Waals surface area (Å²) in [7, 11) is 1.53. The average Bonchev–Trinajstić information content (AvgIpc) is 3.21. The van der Waals surface area contributed by atoms with E-state index in [2.05, 4.69) is 5.32 Å². The number of β-lactam (4-membered cyclic amide) rings is 1. The smallest absolute Gasteiger partial charge is 0.327 e. The van der Waals surface area contributed by atoms with Crippen LogP contribution in [0, 0.1) is 12.8 Å². The van der Waals surface area contributed by atoms with E-state index < -0.39 is 40.0 Å². The molecular weight excluding hydrogens is 422 g/mol. The summed E-state index contributed by atoms with van der Waals surface area (Å²) < 4.78 is 4.70. The highest BCUT2D eigenvalue weighted by molar-refractivity contribution is 8.01. The highest BCUT2D eigenvalue weighted by Crippen LogP contribution is 2.50. The predicted octanol–water partition coefficient (Wildman–Crippen LogP) is 0.988. The number of carboxylic acids is 1. The second kappa shape index (κ2) is 7.44. The summed E-state index contributed by atoms with van der Waals surface area (Å²) in [6.07, 6.45) is 0.0363. The molecular formula is C21H25N3O6S. The minimum atomic E-state index is -1.05. The van der Waals surface area contributed by atoms with Crippen molar-refractivity contribution in [1.29, 1.82) is 0 Å². The molecule has 0 aromatic heterocycles. The summed E-state index contributed by atoms with van der Waals surface area (Å²) >= 11 is 1.37. The van der Waals surface area contributed by atoms with Crippen LogP contribution in [0.5, 0.6) is 5.75 Å². The number of fused-ring (bicyclic) bond motifs is 1. The van der Waals surface area contributed by atoms with Crippen LogP contribution < -0.4 is 15.0 Å². The van der Waals surface area contributed by atoms with Gasteiger partial charge >= 0.3 is 5.97 Å². The van der Waals surface area contributed by atoms with E-state index in [1.807, 2.05) is 19.1 Å². The van der Waals surface area contributed by atoms with Gasteiger partial charge in [-0.2, -0.15) is 0 Å². The Labute approximate surface area is 184 Å². The molecule has 31 heavy (non-hydrogen) atoms. The Morgan fingerprint density at radius 2 is 2.00 bits per heavy atom. The van der Waals surface area contributed by atoms with Crippen LogP contribution >= 0.6 is 11.8 Å². The third kappa shape index (κ3) is 3.42. The fourth-order valence-corrected chi connectivity index (χ4v) is 6.17. The van der Waals surface area contributed by atoms with Crippen molar-refractivity contribution in [1.82, 2.24) is 10.2 Å². The number of ether oxygens (including phenoxy) is 1. The van der Waals surface area contributed by atoms with Crippen LogP contribution in [0.2, 0.25) is 0 Å². The molecule has 0 saturated carbocycles. The molecule has 1 aromatic carbocycles. The predicted molar refractivity (Wildman–Crippen MR) is 114 cm³/mol. The van der Waals surface area contributed by atoms with Gasteiger partial charge in [0.2, 0.25) is 17.7 Å². The van der Waals surface area contributed by atoms with Crippen LogP contribution in [0.3, 0.4) is 0 Å². The number of carbonyl (C=O) groups is 4. The van der Waals surface area contributed by atoms with Crippen molar-refractivity contribution >= 4 is 41.1 Å². The number of nitrogens with zero attached hydrogens (tertiary/aromatic N) is 2. The van der Waals surface area contributed by atoms with E-state index in [-0.39, 0.29) is 24.8 Å². The molecule has 3 saturated heterocycles. The lowest BCUT2D eigenvalue weighted by atomic mass is 9.95. The molecule has 3 amide bonds. The number of rotatable bonds is 5. The zero-order valence-corrected chi connectivity index (χ0v) is 18.6. The van der Waals surface area contributed by atoms with E-state index in [1.54, 1.807) is 24.8 Å². The van der Waals surface area contributed by atoms with E-state index in [9.17, 15) is 24.3 Å². The van der Waals surface area contributed by atoms with E-state index in [4.69, 9.17) is 4.74 Å². The number of aliphatic carboxylic acids is 1. The molecule has 0 spiro atoms. The Bertz CT molecular complexity index is 980. The third-order valence-electron chi connectivity index (χ3n) is 6.09. The molecule has 3 fully saturated rings. The molecule has 1 aromatic rings. The van der Waals surface area contributed by atoms with Crippen molar-refractivity contribution in [2.24, 2.45) is 5.92 Å². The number of aryl methyl sites for hydroxylation is 1. The lowest BCUT2D eigenvalue weighted by Gasteiger charge is -2.43. The monoisotopic (exact) mass is 447 g/mol. The first kappa shape index (κ1) is 21.5. The molecule has 10 heteroatoms. The summed E-state index contributed by atoms with van der Waals surface area (Å²) in [5.41, 5.74) is 1.58. The summed E-state index contributed by atoms with van der Waals surface area (Å²) in [5.74, 6) is -2.07. The number of carboxylic acid groups (broad SMARTS) is 1. The topological polar surface area (TPSA) is 116 Å². The summed E-state index contributed by atoms with van der Waals surface area (Å²) in [5, 5.41) is 11.8. The maximum absolute atomic E-state index is 12.9. The number of benzene rings is 1.